The lowest BCUT2D eigenvalue weighted by Gasteiger charge is -2.09. The molecule has 0 fully saturated rings. The van der Waals surface area contributed by atoms with Gasteiger partial charge in [0.15, 0.2) is 0 Å². The van der Waals surface area contributed by atoms with E-state index in [2.05, 4.69) is 11.4 Å². The Labute approximate surface area is 128 Å². The number of hydrogen-bond acceptors (Lipinski definition) is 4. The van der Waals surface area contributed by atoms with E-state index in [-0.39, 0.29) is 5.63 Å². The van der Waals surface area contributed by atoms with Crippen molar-refractivity contribution in [2.45, 2.75) is 26.8 Å². The molecule has 0 bridgehead atoms. The van der Waals surface area contributed by atoms with Gasteiger partial charge >= 0.3 is 5.63 Å². The molecule has 0 aliphatic heterocycles. The summed E-state index contributed by atoms with van der Waals surface area (Å²) >= 11 is 0. The Morgan fingerprint density at radius 3 is 2.82 bits per heavy atom. The van der Waals surface area contributed by atoms with Gasteiger partial charge < -0.3 is 14.2 Å². The molecule has 0 aliphatic rings. The van der Waals surface area contributed by atoms with Gasteiger partial charge in [0.1, 0.15) is 11.3 Å². The Hall–Kier alpha value is -2.33. The maximum Gasteiger partial charge on any atom is 0.336 e. The highest BCUT2D eigenvalue weighted by Crippen LogP contribution is 2.23. The molecular weight excluding hydrogens is 278 g/mol. The van der Waals surface area contributed by atoms with Gasteiger partial charge in [0, 0.05) is 31.0 Å². The Morgan fingerprint density at radius 1 is 1.18 bits per heavy atom. The van der Waals surface area contributed by atoms with Crippen molar-refractivity contribution in [1.29, 1.82) is 0 Å². The van der Waals surface area contributed by atoms with Crippen LogP contribution in [0.5, 0.6) is 0 Å². The first-order valence-corrected chi connectivity index (χ1v) is 7.41. The minimum absolute atomic E-state index is 0.302. The van der Waals surface area contributed by atoms with Crippen LogP contribution in [-0.4, -0.2) is 6.54 Å². The average Bonchev–Trinajstić information content (AvgIpc) is 3.01. The summed E-state index contributed by atoms with van der Waals surface area (Å²) in [5, 5.41) is 4.35. The summed E-state index contributed by atoms with van der Waals surface area (Å²) in [5.41, 5.74) is 3.50. The zero-order valence-corrected chi connectivity index (χ0v) is 12.8. The van der Waals surface area contributed by atoms with Crippen molar-refractivity contribution in [3.63, 3.8) is 0 Å². The summed E-state index contributed by atoms with van der Waals surface area (Å²) in [5.74, 6) is 0.955. The minimum Gasteiger partial charge on any atom is -0.469 e. The zero-order chi connectivity index (χ0) is 15.5. The van der Waals surface area contributed by atoms with E-state index in [1.807, 2.05) is 32.0 Å². The number of nitrogens with one attached hydrogen (secondary N) is 1. The van der Waals surface area contributed by atoms with Gasteiger partial charge in [-0.3, -0.25) is 0 Å². The van der Waals surface area contributed by atoms with Crippen LogP contribution in [0, 0.1) is 13.8 Å². The van der Waals surface area contributed by atoms with Crippen LogP contribution >= 0.6 is 0 Å². The minimum atomic E-state index is -0.302. The van der Waals surface area contributed by atoms with Crippen molar-refractivity contribution < 1.29 is 8.83 Å². The molecule has 0 spiro atoms. The molecule has 3 aromatic rings. The SMILES string of the molecule is Cc1ccc2c(CNCCc3ccco3)cc(=O)oc2c1C. The molecule has 1 aromatic carbocycles. The summed E-state index contributed by atoms with van der Waals surface area (Å²) in [6, 6.07) is 9.49. The van der Waals surface area contributed by atoms with Crippen LogP contribution in [0.4, 0.5) is 0 Å². The zero-order valence-electron chi connectivity index (χ0n) is 12.8. The predicted molar refractivity (Wildman–Crippen MR) is 86.1 cm³/mol. The molecule has 1 N–H and O–H groups in total. The largest absolute Gasteiger partial charge is 0.469 e. The number of rotatable bonds is 5. The van der Waals surface area contributed by atoms with Crippen LogP contribution in [0.2, 0.25) is 0 Å². The van der Waals surface area contributed by atoms with Crippen molar-refractivity contribution in [2.24, 2.45) is 0 Å². The van der Waals surface area contributed by atoms with Gasteiger partial charge in [-0.15, -0.1) is 0 Å². The number of fused-ring (bicyclic) bond motifs is 1. The molecule has 0 saturated heterocycles. The first-order valence-electron chi connectivity index (χ1n) is 7.41. The summed E-state index contributed by atoms with van der Waals surface area (Å²) in [6.45, 7) is 5.42. The highest BCUT2D eigenvalue weighted by molar-refractivity contribution is 5.83. The second kappa shape index (κ2) is 6.20. The lowest BCUT2D eigenvalue weighted by molar-refractivity contribution is 0.498. The summed E-state index contributed by atoms with van der Waals surface area (Å²) in [7, 11) is 0. The molecule has 0 aliphatic carbocycles. The quantitative estimate of drug-likeness (QED) is 0.579. The van der Waals surface area contributed by atoms with Gasteiger partial charge in [-0.1, -0.05) is 12.1 Å². The van der Waals surface area contributed by atoms with E-state index in [0.717, 1.165) is 40.8 Å². The summed E-state index contributed by atoms with van der Waals surface area (Å²) in [4.78, 5) is 11.8. The number of benzene rings is 1. The lowest BCUT2D eigenvalue weighted by atomic mass is 10.0. The molecule has 0 saturated carbocycles. The Morgan fingerprint density at radius 2 is 2.05 bits per heavy atom. The van der Waals surface area contributed by atoms with E-state index < -0.39 is 0 Å². The monoisotopic (exact) mass is 297 g/mol. The highest BCUT2D eigenvalue weighted by Gasteiger charge is 2.09. The number of furan rings is 1. The first-order chi connectivity index (χ1) is 10.6. The third-order valence-electron chi connectivity index (χ3n) is 3.96. The maximum atomic E-state index is 11.8. The molecule has 4 nitrogen and oxygen atoms in total. The second-order valence-electron chi connectivity index (χ2n) is 5.48. The molecule has 2 aromatic heterocycles. The smallest absolute Gasteiger partial charge is 0.336 e. The van der Waals surface area contributed by atoms with Crippen LogP contribution in [0.15, 0.2) is 50.2 Å². The van der Waals surface area contributed by atoms with E-state index >= 15 is 0 Å². The van der Waals surface area contributed by atoms with Gasteiger partial charge in [-0.25, -0.2) is 4.79 Å². The summed E-state index contributed by atoms with van der Waals surface area (Å²) in [6.07, 6.45) is 2.50. The van der Waals surface area contributed by atoms with Crippen molar-refractivity contribution >= 4 is 11.0 Å². The molecule has 3 rings (SSSR count). The van der Waals surface area contributed by atoms with Gasteiger partial charge in [0.2, 0.25) is 0 Å². The van der Waals surface area contributed by atoms with Crippen LogP contribution in [0.1, 0.15) is 22.5 Å². The fourth-order valence-corrected chi connectivity index (χ4v) is 2.56. The molecule has 2 heterocycles. The van der Waals surface area contributed by atoms with Crippen molar-refractivity contribution in [3.8, 4) is 0 Å². The first kappa shape index (κ1) is 14.6. The average molecular weight is 297 g/mol. The van der Waals surface area contributed by atoms with E-state index in [9.17, 15) is 4.79 Å². The van der Waals surface area contributed by atoms with Gasteiger partial charge in [0.25, 0.3) is 0 Å². The molecule has 0 radical (unpaired) electrons. The molecule has 0 unspecified atom stereocenters. The Balaban J connectivity index is 1.78. The van der Waals surface area contributed by atoms with E-state index in [1.165, 1.54) is 0 Å². The van der Waals surface area contributed by atoms with Crippen LogP contribution in [-0.2, 0) is 13.0 Å². The standard InChI is InChI=1S/C18H19NO3/c1-12-5-6-16-14(10-17(20)22-18(16)13(12)2)11-19-8-7-15-4-3-9-21-15/h3-6,9-10,19H,7-8,11H2,1-2H3. The molecule has 0 atom stereocenters. The van der Waals surface area contributed by atoms with Crippen molar-refractivity contribution in [2.75, 3.05) is 6.54 Å². The van der Waals surface area contributed by atoms with Crippen molar-refractivity contribution in [3.05, 3.63) is 69.5 Å². The molecular formula is C18H19NO3. The second-order valence-corrected chi connectivity index (χ2v) is 5.48. The third-order valence-corrected chi connectivity index (χ3v) is 3.96. The van der Waals surface area contributed by atoms with Crippen LogP contribution < -0.4 is 10.9 Å². The molecule has 114 valence electrons. The number of aryl methyl sites for hydroxylation is 2. The van der Waals surface area contributed by atoms with Crippen LogP contribution in [0.25, 0.3) is 11.0 Å². The van der Waals surface area contributed by atoms with E-state index in [1.54, 1.807) is 12.3 Å². The maximum absolute atomic E-state index is 11.8. The van der Waals surface area contributed by atoms with Crippen molar-refractivity contribution in [1.82, 2.24) is 5.32 Å². The van der Waals surface area contributed by atoms with E-state index in [0.29, 0.717) is 12.1 Å². The normalized spacial score (nSPS) is 11.2. The Kier molecular flexibility index (Phi) is 4.11. The van der Waals surface area contributed by atoms with Gasteiger partial charge in [-0.2, -0.15) is 0 Å². The fraction of sp³-hybridized carbons (Fsp3) is 0.278. The fourth-order valence-electron chi connectivity index (χ4n) is 2.56. The number of hydrogen-bond donors (Lipinski definition) is 1. The third kappa shape index (κ3) is 2.97. The molecule has 4 heteroatoms. The highest BCUT2D eigenvalue weighted by atomic mass is 16.4. The topological polar surface area (TPSA) is 55.4 Å². The van der Waals surface area contributed by atoms with Crippen LogP contribution in [0.3, 0.4) is 0 Å². The lowest BCUT2D eigenvalue weighted by Crippen LogP contribution is -2.18. The van der Waals surface area contributed by atoms with Gasteiger partial charge in [0.05, 0.1) is 6.26 Å². The molecule has 0 amide bonds. The van der Waals surface area contributed by atoms with E-state index in [4.69, 9.17) is 8.83 Å². The Bertz CT molecular complexity index is 831. The van der Waals surface area contributed by atoms with Gasteiger partial charge in [-0.05, 0) is 42.7 Å². The predicted octanol–water partition coefficient (Wildman–Crippen LogP) is 3.34. The summed E-state index contributed by atoms with van der Waals surface area (Å²) < 4.78 is 10.7. The molecule has 22 heavy (non-hydrogen) atoms.